The summed E-state index contributed by atoms with van der Waals surface area (Å²) in [6.45, 7) is 2.62. The van der Waals surface area contributed by atoms with E-state index in [2.05, 4.69) is 20.8 Å². The molecule has 5 nitrogen and oxygen atoms in total. The van der Waals surface area contributed by atoms with Crippen LogP contribution < -0.4 is 10.6 Å². The first-order valence-electron chi connectivity index (χ1n) is 5.94. The molecule has 1 aromatic carbocycles. The van der Waals surface area contributed by atoms with Gasteiger partial charge in [0.15, 0.2) is 5.69 Å². The Morgan fingerprint density at radius 3 is 2.70 bits per heavy atom. The van der Waals surface area contributed by atoms with E-state index < -0.39 is 11.7 Å². The summed E-state index contributed by atoms with van der Waals surface area (Å²) in [5, 5.41) is 13.0. The molecule has 20 heavy (non-hydrogen) atoms. The number of benzene rings is 1. The maximum Gasteiger partial charge on any atom is 0.276 e. The van der Waals surface area contributed by atoms with Crippen molar-refractivity contribution in [3.63, 3.8) is 0 Å². The van der Waals surface area contributed by atoms with E-state index >= 15 is 0 Å². The zero-order valence-electron chi connectivity index (χ0n) is 10.7. The molecule has 0 saturated heterocycles. The standard InChI is InChI=1S/C13H12ClFN4O/c1-2-16-11-7-6-10(18-19-11)13(20)17-12-8(14)4-3-5-9(12)15/h3-7H,2H2,1H3,(H,16,19)(H,17,20). The number of hydrogen-bond donors (Lipinski definition) is 2. The van der Waals surface area contributed by atoms with E-state index in [1.165, 1.54) is 24.3 Å². The molecule has 7 heteroatoms. The van der Waals surface area contributed by atoms with Crippen molar-refractivity contribution in [3.8, 4) is 0 Å². The third-order valence-electron chi connectivity index (χ3n) is 2.46. The second-order valence-electron chi connectivity index (χ2n) is 3.88. The fourth-order valence-corrected chi connectivity index (χ4v) is 1.73. The number of anilines is 2. The summed E-state index contributed by atoms with van der Waals surface area (Å²) in [7, 11) is 0. The lowest BCUT2D eigenvalue weighted by molar-refractivity contribution is 0.102. The van der Waals surface area contributed by atoms with Crippen molar-refractivity contribution in [3.05, 3.63) is 46.9 Å². The van der Waals surface area contributed by atoms with Crippen LogP contribution in [0.3, 0.4) is 0 Å². The fourth-order valence-electron chi connectivity index (χ4n) is 1.52. The van der Waals surface area contributed by atoms with Crippen molar-refractivity contribution in [2.45, 2.75) is 6.92 Å². The summed E-state index contributed by atoms with van der Waals surface area (Å²) in [5.41, 5.74) is 0.00250. The molecule has 2 rings (SSSR count). The molecule has 0 aliphatic carbocycles. The normalized spacial score (nSPS) is 10.2. The Kier molecular flexibility index (Phi) is 4.47. The fraction of sp³-hybridized carbons (Fsp3) is 0.154. The lowest BCUT2D eigenvalue weighted by Crippen LogP contribution is -2.16. The number of halogens is 2. The Bertz CT molecular complexity index is 598. The Balaban J connectivity index is 2.16. The summed E-state index contributed by atoms with van der Waals surface area (Å²) in [6, 6.07) is 7.27. The zero-order valence-corrected chi connectivity index (χ0v) is 11.4. The Hall–Kier alpha value is -2.21. The maximum absolute atomic E-state index is 13.5. The van der Waals surface area contributed by atoms with Crippen LogP contribution in [0.4, 0.5) is 15.9 Å². The van der Waals surface area contributed by atoms with Crippen LogP contribution in [0.5, 0.6) is 0 Å². The highest BCUT2D eigenvalue weighted by molar-refractivity contribution is 6.33. The van der Waals surface area contributed by atoms with Crippen LogP contribution in [-0.2, 0) is 0 Å². The predicted octanol–water partition coefficient (Wildman–Crippen LogP) is 2.95. The zero-order chi connectivity index (χ0) is 14.5. The van der Waals surface area contributed by atoms with Crippen LogP contribution >= 0.6 is 11.6 Å². The summed E-state index contributed by atoms with van der Waals surface area (Å²) >= 11 is 5.83. The lowest BCUT2D eigenvalue weighted by Gasteiger charge is -2.07. The van der Waals surface area contributed by atoms with Crippen LogP contribution in [0, 0.1) is 5.82 Å². The van der Waals surface area contributed by atoms with Gasteiger partial charge in [-0.25, -0.2) is 4.39 Å². The van der Waals surface area contributed by atoms with Gasteiger partial charge in [0.2, 0.25) is 0 Å². The molecule has 1 aromatic heterocycles. The molecule has 0 unspecified atom stereocenters. The number of nitrogens with zero attached hydrogens (tertiary/aromatic N) is 2. The van der Waals surface area contributed by atoms with Gasteiger partial charge in [0.1, 0.15) is 11.6 Å². The Morgan fingerprint density at radius 1 is 1.30 bits per heavy atom. The number of nitrogens with one attached hydrogen (secondary N) is 2. The van der Waals surface area contributed by atoms with Gasteiger partial charge in [-0.3, -0.25) is 4.79 Å². The van der Waals surface area contributed by atoms with Gasteiger partial charge in [0.05, 0.1) is 10.7 Å². The first-order chi connectivity index (χ1) is 9.61. The molecule has 1 heterocycles. The van der Waals surface area contributed by atoms with Gasteiger partial charge in [-0.1, -0.05) is 17.7 Å². The van der Waals surface area contributed by atoms with E-state index in [0.717, 1.165) is 0 Å². The molecule has 0 bridgehead atoms. The summed E-state index contributed by atoms with van der Waals surface area (Å²) in [6.07, 6.45) is 0. The minimum Gasteiger partial charge on any atom is -0.369 e. The summed E-state index contributed by atoms with van der Waals surface area (Å²) in [4.78, 5) is 11.9. The summed E-state index contributed by atoms with van der Waals surface area (Å²) < 4.78 is 13.5. The first kappa shape index (κ1) is 14.2. The molecular formula is C13H12ClFN4O. The van der Waals surface area contributed by atoms with E-state index in [0.29, 0.717) is 12.4 Å². The number of amides is 1. The largest absolute Gasteiger partial charge is 0.369 e. The molecule has 104 valence electrons. The van der Waals surface area contributed by atoms with Gasteiger partial charge in [0, 0.05) is 6.54 Å². The first-order valence-corrected chi connectivity index (χ1v) is 6.32. The van der Waals surface area contributed by atoms with Crippen LogP contribution in [0.15, 0.2) is 30.3 Å². The number of para-hydroxylation sites is 1. The highest BCUT2D eigenvalue weighted by Crippen LogP contribution is 2.24. The topological polar surface area (TPSA) is 66.9 Å². The maximum atomic E-state index is 13.5. The number of aromatic nitrogens is 2. The van der Waals surface area contributed by atoms with Gasteiger partial charge >= 0.3 is 0 Å². The van der Waals surface area contributed by atoms with E-state index in [1.54, 1.807) is 6.07 Å². The van der Waals surface area contributed by atoms with Gasteiger partial charge < -0.3 is 10.6 Å². The van der Waals surface area contributed by atoms with Crippen LogP contribution in [0.2, 0.25) is 5.02 Å². The van der Waals surface area contributed by atoms with Crippen molar-refractivity contribution < 1.29 is 9.18 Å². The van der Waals surface area contributed by atoms with Crippen LogP contribution in [0.25, 0.3) is 0 Å². The van der Waals surface area contributed by atoms with Gasteiger partial charge in [-0.15, -0.1) is 10.2 Å². The second-order valence-corrected chi connectivity index (χ2v) is 4.29. The molecule has 0 aliphatic heterocycles. The molecule has 2 N–H and O–H groups in total. The van der Waals surface area contributed by atoms with Gasteiger partial charge in [-0.2, -0.15) is 0 Å². The second kappa shape index (κ2) is 6.29. The quantitative estimate of drug-likeness (QED) is 0.910. The van der Waals surface area contributed by atoms with E-state index in [9.17, 15) is 9.18 Å². The molecule has 2 aromatic rings. The van der Waals surface area contributed by atoms with E-state index in [-0.39, 0.29) is 16.4 Å². The Labute approximate surface area is 120 Å². The molecular weight excluding hydrogens is 283 g/mol. The van der Waals surface area contributed by atoms with Crippen molar-refractivity contribution in [1.82, 2.24) is 10.2 Å². The lowest BCUT2D eigenvalue weighted by atomic mass is 10.3. The number of hydrogen-bond acceptors (Lipinski definition) is 4. The molecule has 0 spiro atoms. The highest BCUT2D eigenvalue weighted by Gasteiger charge is 2.13. The van der Waals surface area contributed by atoms with Crippen LogP contribution in [-0.4, -0.2) is 22.6 Å². The van der Waals surface area contributed by atoms with Crippen molar-refractivity contribution in [2.75, 3.05) is 17.2 Å². The van der Waals surface area contributed by atoms with E-state index in [1.807, 2.05) is 6.92 Å². The van der Waals surface area contributed by atoms with Crippen molar-refractivity contribution in [1.29, 1.82) is 0 Å². The molecule has 0 radical (unpaired) electrons. The Morgan fingerprint density at radius 2 is 2.10 bits per heavy atom. The number of carbonyl (C=O) groups excluding carboxylic acids is 1. The molecule has 0 saturated carbocycles. The molecule has 0 aliphatic rings. The highest BCUT2D eigenvalue weighted by atomic mass is 35.5. The minimum absolute atomic E-state index is 0.0725. The number of rotatable bonds is 4. The average Bonchev–Trinajstić information content (AvgIpc) is 2.44. The SMILES string of the molecule is CCNc1ccc(C(=O)Nc2c(F)cccc2Cl)nn1. The van der Waals surface area contributed by atoms with Gasteiger partial charge in [-0.05, 0) is 31.2 Å². The smallest absolute Gasteiger partial charge is 0.276 e. The van der Waals surface area contributed by atoms with E-state index in [4.69, 9.17) is 11.6 Å². The number of carbonyl (C=O) groups is 1. The third kappa shape index (κ3) is 3.21. The average molecular weight is 295 g/mol. The molecule has 0 fully saturated rings. The predicted molar refractivity (Wildman–Crippen MR) is 75.6 cm³/mol. The van der Waals surface area contributed by atoms with Crippen molar-refractivity contribution >= 4 is 29.0 Å². The van der Waals surface area contributed by atoms with Crippen LogP contribution in [0.1, 0.15) is 17.4 Å². The van der Waals surface area contributed by atoms with Gasteiger partial charge in [0.25, 0.3) is 5.91 Å². The minimum atomic E-state index is -0.608. The van der Waals surface area contributed by atoms with Crippen molar-refractivity contribution in [2.24, 2.45) is 0 Å². The molecule has 0 atom stereocenters. The molecule has 1 amide bonds. The monoisotopic (exact) mass is 294 g/mol. The summed E-state index contributed by atoms with van der Waals surface area (Å²) in [5.74, 6) is -0.622. The third-order valence-corrected chi connectivity index (χ3v) is 2.77.